The Morgan fingerprint density at radius 1 is 1.17 bits per heavy atom. The van der Waals surface area contributed by atoms with Gasteiger partial charge in [-0.25, -0.2) is 0 Å². The standard InChI is InChI=1S/C17H17BrO4S/c1-11-3-7-16(23-11)14(19)5-8-17(20)22-10-12-4-6-15(21-2)13(18)9-12/h3-4,6-7,9H,5,8,10H2,1-2H3. The Morgan fingerprint density at radius 2 is 1.96 bits per heavy atom. The largest absolute Gasteiger partial charge is 0.496 e. The van der Waals surface area contributed by atoms with Crippen molar-refractivity contribution in [2.45, 2.75) is 26.4 Å². The molecule has 0 aliphatic carbocycles. The summed E-state index contributed by atoms with van der Waals surface area (Å²) in [5.41, 5.74) is 0.853. The van der Waals surface area contributed by atoms with E-state index in [1.807, 2.05) is 25.1 Å². The maximum absolute atomic E-state index is 11.9. The highest BCUT2D eigenvalue weighted by molar-refractivity contribution is 9.10. The van der Waals surface area contributed by atoms with E-state index in [-0.39, 0.29) is 31.2 Å². The summed E-state index contributed by atoms with van der Waals surface area (Å²) in [5, 5.41) is 0. The summed E-state index contributed by atoms with van der Waals surface area (Å²) in [6.45, 7) is 2.12. The second-order valence-corrected chi connectivity index (χ2v) is 7.11. The van der Waals surface area contributed by atoms with Gasteiger partial charge in [0.15, 0.2) is 5.78 Å². The SMILES string of the molecule is COc1ccc(COC(=O)CCC(=O)c2ccc(C)s2)cc1Br. The van der Waals surface area contributed by atoms with Gasteiger partial charge in [0.1, 0.15) is 12.4 Å². The lowest BCUT2D eigenvalue weighted by atomic mass is 10.2. The molecule has 0 fully saturated rings. The van der Waals surface area contributed by atoms with Crippen molar-refractivity contribution < 1.29 is 19.1 Å². The van der Waals surface area contributed by atoms with Crippen molar-refractivity contribution in [3.05, 3.63) is 50.1 Å². The van der Waals surface area contributed by atoms with Crippen molar-refractivity contribution in [3.8, 4) is 5.75 Å². The van der Waals surface area contributed by atoms with Gasteiger partial charge in [-0.2, -0.15) is 0 Å². The third kappa shape index (κ3) is 5.18. The zero-order valence-electron chi connectivity index (χ0n) is 12.9. The Bertz CT molecular complexity index is 708. The number of benzene rings is 1. The zero-order valence-corrected chi connectivity index (χ0v) is 15.3. The molecule has 0 spiro atoms. The van der Waals surface area contributed by atoms with Crippen LogP contribution in [0.15, 0.2) is 34.8 Å². The van der Waals surface area contributed by atoms with Gasteiger partial charge >= 0.3 is 5.97 Å². The van der Waals surface area contributed by atoms with Crippen LogP contribution < -0.4 is 4.74 Å². The summed E-state index contributed by atoms with van der Waals surface area (Å²) >= 11 is 4.83. The number of carbonyl (C=O) groups excluding carboxylic acids is 2. The normalized spacial score (nSPS) is 10.4. The van der Waals surface area contributed by atoms with Crippen LogP contribution in [0.4, 0.5) is 0 Å². The highest BCUT2D eigenvalue weighted by atomic mass is 79.9. The Labute approximate surface area is 147 Å². The molecule has 122 valence electrons. The average Bonchev–Trinajstić information content (AvgIpc) is 2.97. The molecule has 1 aromatic heterocycles. The molecule has 0 aliphatic heterocycles. The van der Waals surface area contributed by atoms with Crippen LogP contribution in [-0.2, 0) is 16.1 Å². The van der Waals surface area contributed by atoms with Crippen molar-refractivity contribution in [1.82, 2.24) is 0 Å². The molecule has 4 nitrogen and oxygen atoms in total. The van der Waals surface area contributed by atoms with Crippen molar-refractivity contribution >= 4 is 39.0 Å². The molecule has 0 radical (unpaired) electrons. The lowest BCUT2D eigenvalue weighted by molar-refractivity contribution is -0.144. The number of halogens is 1. The highest BCUT2D eigenvalue weighted by Crippen LogP contribution is 2.25. The van der Waals surface area contributed by atoms with E-state index in [1.54, 1.807) is 19.2 Å². The molecule has 0 N–H and O–H groups in total. The maximum Gasteiger partial charge on any atom is 0.306 e. The summed E-state index contributed by atoms with van der Waals surface area (Å²) in [5.74, 6) is 0.322. The van der Waals surface area contributed by atoms with E-state index in [0.717, 1.165) is 20.7 Å². The number of rotatable bonds is 7. The van der Waals surface area contributed by atoms with Gasteiger partial charge in [0.25, 0.3) is 0 Å². The Hall–Kier alpha value is -1.66. The Kier molecular flexibility index (Phi) is 6.36. The van der Waals surface area contributed by atoms with Crippen LogP contribution in [0.2, 0.25) is 0 Å². The quantitative estimate of drug-likeness (QED) is 0.509. The van der Waals surface area contributed by atoms with Crippen LogP contribution in [0.25, 0.3) is 0 Å². The van der Waals surface area contributed by atoms with Gasteiger partial charge in [0, 0.05) is 11.3 Å². The van der Waals surface area contributed by atoms with Crippen LogP contribution >= 0.6 is 27.3 Å². The minimum absolute atomic E-state index is 0.0211. The predicted molar refractivity (Wildman–Crippen MR) is 93.1 cm³/mol. The number of thiophene rings is 1. The molecule has 6 heteroatoms. The molecule has 0 aliphatic rings. The fourth-order valence-electron chi connectivity index (χ4n) is 1.96. The van der Waals surface area contributed by atoms with Crippen molar-refractivity contribution in [1.29, 1.82) is 0 Å². The molecule has 0 bridgehead atoms. The molecule has 1 heterocycles. The number of esters is 1. The lowest BCUT2D eigenvalue weighted by Gasteiger charge is -2.07. The highest BCUT2D eigenvalue weighted by Gasteiger charge is 2.12. The van der Waals surface area contributed by atoms with E-state index in [4.69, 9.17) is 9.47 Å². The van der Waals surface area contributed by atoms with E-state index < -0.39 is 0 Å². The summed E-state index contributed by atoms with van der Waals surface area (Å²) in [6, 6.07) is 9.17. The van der Waals surface area contributed by atoms with Gasteiger partial charge in [-0.05, 0) is 52.7 Å². The van der Waals surface area contributed by atoms with Gasteiger partial charge in [0.2, 0.25) is 0 Å². The van der Waals surface area contributed by atoms with E-state index in [9.17, 15) is 9.59 Å². The number of ketones is 1. The molecule has 1 aromatic carbocycles. The second-order valence-electron chi connectivity index (χ2n) is 4.96. The lowest BCUT2D eigenvalue weighted by Crippen LogP contribution is -2.07. The average molecular weight is 397 g/mol. The number of methoxy groups -OCH3 is 1. The first-order valence-electron chi connectivity index (χ1n) is 7.07. The minimum atomic E-state index is -0.376. The first kappa shape index (κ1) is 17.7. The zero-order chi connectivity index (χ0) is 16.8. The number of carbonyl (C=O) groups is 2. The van der Waals surface area contributed by atoms with Crippen LogP contribution in [0.3, 0.4) is 0 Å². The van der Waals surface area contributed by atoms with E-state index in [2.05, 4.69) is 15.9 Å². The van der Waals surface area contributed by atoms with Crippen molar-refractivity contribution in [2.75, 3.05) is 7.11 Å². The van der Waals surface area contributed by atoms with E-state index in [1.165, 1.54) is 11.3 Å². The molecule has 0 unspecified atom stereocenters. The van der Waals surface area contributed by atoms with Crippen LogP contribution in [-0.4, -0.2) is 18.9 Å². The van der Waals surface area contributed by atoms with Gasteiger partial charge < -0.3 is 9.47 Å². The molecule has 2 rings (SSSR count). The number of hydrogen-bond donors (Lipinski definition) is 0. The third-order valence-electron chi connectivity index (χ3n) is 3.19. The van der Waals surface area contributed by atoms with Crippen molar-refractivity contribution in [2.24, 2.45) is 0 Å². The van der Waals surface area contributed by atoms with Crippen LogP contribution in [0.1, 0.15) is 33.0 Å². The van der Waals surface area contributed by atoms with Crippen LogP contribution in [0, 0.1) is 6.92 Å². The molecule has 0 atom stereocenters. The van der Waals surface area contributed by atoms with Gasteiger partial charge in [-0.3, -0.25) is 9.59 Å². The molecule has 0 saturated heterocycles. The van der Waals surface area contributed by atoms with Crippen LogP contribution in [0.5, 0.6) is 5.75 Å². The van der Waals surface area contributed by atoms with Gasteiger partial charge in [0.05, 0.1) is 22.9 Å². The number of hydrogen-bond acceptors (Lipinski definition) is 5. The summed E-state index contributed by atoms with van der Waals surface area (Å²) in [7, 11) is 1.59. The predicted octanol–water partition coefficient (Wildman–Crippen LogP) is 4.53. The number of Topliss-reactive ketones (excluding diaryl/α,β-unsaturated/α-hetero) is 1. The summed E-state index contributed by atoms with van der Waals surface area (Å²) in [4.78, 5) is 25.5. The monoisotopic (exact) mass is 396 g/mol. The molecule has 0 amide bonds. The molecule has 23 heavy (non-hydrogen) atoms. The smallest absolute Gasteiger partial charge is 0.306 e. The maximum atomic E-state index is 11.9. The van der Waals surface area contributed by atoms with E-state index >= 15 is 0 Å². The summed E-state index contributed by atoms with van der Waals surface area (Å²) in [6.07, 6.45) is 0.262. The second kappa shape index (κ2) is 8.26. The molecular weight excluding hydrogens is 380 g/mol. The summed E-state index contributed by atoms with van der Waals surface area (Å²) < 4.78 is 11.1. The number of ether oxygens (including phenoxy) is 2. The van der Waals surface area contributed by atoms with Gasteiger partial charge in [-0.1, -0.05) is 6.07 Å². The fourth-order valence-corrected chi connectivity index (χ4v) is 3.38. The Morgan fingerprint density at radius 3 is 2.57 bits per heavy atom. The number of aryl methyl sites for hydroxylation is 1. The first-order chi connectivity index (χ1) is 11.0. The van der Waals surface area contributed by atoms with Gasteiger partial charge in [-0.15, -0.1) is 11.3 Å². The van der Waals surface area contributed by atoms with E-state index in [0.29, 0.717) is 4.88 Å². The topological polar surface area (TPSA) is 52.6 Å². The minimum Gasteiger partial charge on any atom is -0.496 e. The third-order valence-corrected chi connectivity index (χ3v) is 4.85. The Balaban J connectivity index is 1.79. The molecule has 2 aromatic rings. The first-order valence-corrected chi connectivity index (χ1v) is 8.68. The molecule has 0 saturated carbocycles. The fraction of sp³-hybridized carbons (Fsp3) is 0.294. The molecular formula is C17H17BrO4S. The van der Waals surface area contributed by atoms with Crippen molar-refractivity contribution in [3.63, 3.8) is 0 Å².